The molecule has 4 rings (SSSR count). The molecule has 1 unspecified atom stereocenters. The van der Waals surface area contributed by atoms with E-state index in [0.717, 1.165) is 36.6 Å². The molecule has 2 aliphatic rings. The molecular weight excluding hydrogens is 593 g/mol. The predicted octanol–water partition coefficient (Wildman–Crippen LogP) is 3.95. The molecule has 238 valence electrons. The number of esters is 1. The van der Waals surface area contributed by atoms with Gasteiger partial charge in [0.1, 0.15) is 11.9 Å². The quantitative estimate of drug-likeness (QED) is 0.0860. The average molecular weight is 626 g/mol. The Labute approximate surface area is 248 Å². The summed E-state index contributed by atoms with van der Waals surface area (Å²) in [5.41, 5.74) is 5.63. The van der Waals surface area contributed by atoms with Gasteiger partial charge in [-0.1, -0.05) is 0 Å². The van der Waals surface area contributed by atoms with E-state index in [0.29, 0.717) is 0 Å². The van der Waals surface area contributed by atoms with E-state index in [1.165, 1.54) is 26.0 Å². The van der Waals surface area contributed by atoms with Gasteiger partial charge in [0.25, 0.3) is 5.91 Å². The van der Waals surface area contributed by atoms with Crippen LogP contribution in [-0.2, 0) is 20.9 Å². The smallest absolute Gasteiger partial charge is 0.459 e. The number of aromatic nitrogens is 3. The van der Waals surface area contributed by atoms with Crippen LogP contribution in [0.2, 0.25) is 0 Å². The summed E-state index contributed by atoms with van der Waals surface area (Å²) >= 11 is 0. The Morgan fingerprint density at radius 1 is 1.14 bits per heavy atom. The van der Waals surface area contributed by atoms with Crippen molar-refractivity contribution in [3.8, 4) is 0 Å². The van der Waals surface area contributed by atoms with Crippen LogP contribution in [0, 0.1) is 34.9 Å². The highest BCUT2D eigenvalue weighted by atomic mass is 19.4. The van der Waals surface area contributed by atoms with Crippen LogP contribution in [0.5, 0.6) is 0 Å². The fourth-order valence-electron chi connectivity index (χ4n) is 5.26. The Kier molecular flexibility index (Phi) is 9.69. The molecule has 0 saturated heterocycles. The van der Waals surface area contributed by atoms with E-state index in [1.54, 1.807) is 0 Å². The van der Waals surface area contributed by atoms with Gasteiger partial charge < -0.3 is 26.5 Å². The fourth-order valence-corrected chi connectivity index (χ4v) is 5.26. The molecule has 2 aromatic rings. The molecule has 16 heteroatoms. The molecule has 2 aromatic heterocycles. The Bertz CT molecular complexity index is 1470. The number of pyridine rings is 1. The molecule has 11 nitrogen and oxygen atoms in total. The number of ether oxygens (including phenoxy) is 1. The van der Waals surface area contributed by atoms with E-state index in [1.807, 2.05) is 0 Å². The maximum Gasteiger partial charge on any atom is 0.490 e. The number of nitrogens with one attached hydrogen (secondary N) is 3. The van der Waals surface area contributed by atoms with Gasteiger partial charge in [-0.05, 0) is 69.4 Å². The third-order valence-corrected chi connectivity index (χ3v) is 7.41. The number of hydrogen-bond acceptors (Lipinski definition) is 8. The van der Waals surface area contributed by atoms with E-state index >= 15 is 0 Å². The molecule has 2 amide bonds. The summed E-state index contributed by atoms with van der Waals surface area (Å²) in [5, 5.41) is 16.8. The largest absolute Gasteiger partial charge is 0.490 e. The second kappa shape index (κ2) is 13.1. The number of carbonyl (C=O) groups excluding carboxylic acids is 3. The maximum absolute atomic E-state index is 15.0. The number of amides is 2. The average Bonchev–Trinajstić information content (AvgIpc) is 3.86. The minimum absolute atomic E-state index is 0.0221. The van der Waals surface area contributed by atoms with Crippen molar-refractivity contribution in [1.82, 2.24) is 20.1 Å². The molecule has 2 fully saturated rings. The molecule has 0 aliphatic heterocycles. The van der Waals surface area contributed by atoms with Crippen LogP contribution >= 0.6 is 0 Å². The molecular formula is C28H32F5N7O4. The lowest BCUT2D eigenvalue weighted by Crippen LogP contribution is -2.50. The van der Waals surface area contributed by atoms with Gasteiger partial charge in [0.05, 0.1) is 12.8 Å². The Hall–Kier alpha value is -4.37. The van der Waals surface area contributed by atoms with E-state index in [4.69, 9.17) is 11.1 Å². The molecule has 5 N–H and O–H groups in total. The minimum Gasteiger partial charge on any atom is -0.459 e. The van der Waals surface area contributed by atoms with Crippen molar-refractivity contribution in [3.63, 3.8) is 0 Å². The second-order valence-corrected chi connectivity index (χ2v) is 11.0. The standard InChI is InChI=1S/C28H32F5N7O4/c1-13(34)20(14(2)35)17-8-9-19(37-24(17)30)38-25(41)22(21(15-4-5-15)16-6-7-16)39-26(42)23-18(29)12-36-40(23)10-3-11-44-27(43)28(31,32)33/h8-9,12,15-16,21-22,34H,3-7,10-11,35H2,1-2H3,(H,39,42)(H,37,38,41)/b20-14+,34-13?. The molecule has 2 saturated carbocycles. The summed E-state index contributed by atoms with van der Waals surface area (Å²) in [6.45, 7) is 2.05. The van der Waals surface area contributed by atoms with Crippen molar-refractivity contribution in [2.45, 2.75) is 64.7 Å². The highest BCUT2D eigenvalue weighted by Gasteiger charge is 2.48. The van der Waals surface area contributed by atoms with E-state index in [2.05, 4.69) is 25.5 Å². The molecule has 2 aliphatic carbocycles. The van der Waals surface area contributed by atoms with Gasteiger partial charge in [-0.25, -0.2) is 14.2 Å². The van der Waals surface area contributed by atoms with Gasteiger partial charge in [0.2, 0.25) is 11.9 Å². The van der Waals surface area contributed by atoms with Gasteiger partial charge in [-0.2, -0.15) is 22.7 Å². The first-order valence-electron chi connectivity index (χ1n) is 13.9. The normalized spacial score (nSPS) is 16.3. The Morgan fingerprint density at radius 2 is 1.77 bits per heavy atom. The number of halogens is 5. The lowest BCUT2D eigenvalue weighted by atomic mass is 9.88. The number of carbonyl (C=O) groups is 3. The summed E-state index contributed by atoms with van der Waals surface area (Å²) in [7, 11) is 0. The van der Waals surface area contributed by atoms with Crippen LogP contribution in [0.4, 0.5) is 27.8 Å². The van der Waals surface area contributed by atoms with Crippen molar-refractivity contribution in [3.05, 3.63) is 47.0 Å². The van der Waals surface area contributed by atoms with E-state index in [9.17, 15) is 36.3 Å². The van der Waals surface area contributed by atoms with Gasteiger partial charge in [-0.15, -0.1) is 0 Å². The number of aryl methyl sites for hydroxylation is 1. The van der Waals surface area contributed by atoms with Gasteiger partial charge in [-0.3, -0.25) is 14.3 Å². The third kappa shape index (κ3) is 7.77. The molecule has 0 bridgehead atoms. The summed E-state index contributed by atoms with van der Waals surface area (Å²) in [5.74, 6) is -6.20. The SMILES string of the molecule is CC(=N)/C(=C(/C)N)c1ccc(NC(=O)C(NC(=O)c2c(F)cnn2CCCOC(=O)C(F)(F)F)C(C2CC2)C2CC2)nc1F. The maximum atomic E-state index is 15.0. The molecule has 44 heavy (non-hydrogen) atoms. The van der Waals surface area contributed by atoms with Crippen LogP contribution in [0.15, 0.2) is 24.0 Å². The third-order valence-electron chi connectivity index (χ3n) is 7.41. The predicted molar refractivity (Wildman–Crippen MR) is 147 cm³/mol. The lowest BCUT2D eigenvalue weighted by molar-refractivity contribution is -0.199. The van der Waals surface area contributed by atoms with Crippen LogP contribution in [0.25, 0.3) is 5.57 Å². The van der Waals surface area contributed by atoms with Crippen molar-refractivity contribution < 1.29 is 41.1 Å². The Morgan fingerprint density at radius 3 is 2.30 bits per heavy atom. The zero-order valence-electron chi connectivity index (χ0n) is 23.9. The fraction of sp³-hybridized carbons (Fsp3) is 0.500. The van der Waals surface area contributed by atoms with E-state index in [-0.39, 0.29) is 59.1 Å². The zero-order chi connectivity index (χ0) is 32.3. The summed E-state index contributed by atoms with van der Waals surface area (Å²) in [6.07, 6.45) is -1.27. The number of hydrogen-bond donors (Lipinski definition) is 4. The first kappa shape index (κ1) is 32.5. The number of rotatable bonds is 13. The topological polar surface area (TPSA) is 165 Å². The van der Waals surface area contributed by atoms with Crippen LogP contribution < -0.4 is 16.4 Å². The van der Waals surface area contributed by atoms with Gasteiger partial charge in [0, 0.05) is 35.5 Å². The summed E-state index contributed by atoms with van der Waals surface area (Å²) in [6, 6.07) is 1.52. The monoisotopic (exact) mass is 625 g/mol. The zero-order valence-corrected chi connectivity index (χ0v) is 23.9. The van der Waals surface area contributed by atoms with Crippen molar-refractivity contribution in [2.24, 2.45) is 23.5 Å². The van der Waals surface area contributed by atoms with Crippen LogP contribution in [-0.4, -0.2) is 57.1 Å². The molecule has 0 radical (unpaired) electrons. The Balaban J connectivity index is 1.51. The number of anilines is 1. The lowest BCUT2D eigenvalue weighted by Gasteiger charge is -2.27. The number of nitrogens with two attached hydrogens (primary N) is 1. The van der Waals surface area contributed by atoms with Crippen LogP contribution in [0.1, 0.15) is 62.0 Å². The first-order valence-corrected chi connectivity index (χ1v) is 13.9. The molecule has 2 heterocycles. The van der Waals surface area contributed by atoms with Gasteiger partial charge in [0.15, 0.2) is 11.5 Å². The highest BCUT2D eigenvalue weighted by molar-refractivity contribution is 6.21. The second-order valence-electron chi connectivity index (χ2n) is 11.0. The van der Waals surface area contributed by atoms with Gasteiger partial charge >= 0.3 is 12.1 Å². The summed E-state index contributed by atoms with van der Waals surface area (Å²) < 4.78 is 71.8. The molecule has 1 atom stereocenters. The molecule has 0 spiro atoms. The van der Waals surface area contributed by atoms with Crippen molar-refractivity contribution >= 4 is 34.9 Å². The highest BCUT2D eigenvalue weighted by Crippen LogP contribution is 2.51. The molecule has 0 aromatic carbocycles. The number of nitrogens with zero attached hydrogens (tertiary/aromatic N) is 3. The van der Waals surface area contributed by atoms with Crippen molar-refractivity contribution in [1.29, 1.82) is 5.41 Å². The van der Waals surface area contributed by atoms with Crippen molar-refractivity contribution in [2.75, 3.05) is 11.9 Å². The summed E-state index contributed by atoms with van der Waals surface area (Å²) in [4.78, 5) is 41.6. The minimum atomic E-state index is -5.16. The van der Waals surface area contributed by atoms with Crippen LogP contribution in [0.3, 0.4) is 0 Å². The number of alkyl halides is 3. The van der Waals surface area contributed by atoms with E-state index < -0.39 is 54.1 Å². The first-order chi connectivity index (χ1) is 20.7. The number of allylic oxidation sites excluding steroid dienone is 2.